The smallest absolute Gasteiger partial charge is 0.227 e. The number of rotatable bonds is 6. The van der Waals surface area contributed by atoms with Gasteiger partial charge in [-0.05, 0) is 25.0 Å². The number of benzene rings is 1. The fraction of sp³-hybridized carbons (Fsp3) is 0.562. The van der Waals surface area contributed by atoms with Gasteiger partial charge in [0, 0.05) is 32.4 Å². The highest BCUT2D eigenvalue weighted by Crippen LogP contribution is 2.37. The zero-order chi connectivity index (χ0) is 14.4. The highest BCUT2D eigenvalue weighted by Gasteiger charge is 2.39. The molecule has 1 aromatic rings. The van der Waals surface area contributed by atoms with Crippen molar-refractivity contribution in [2.75, 3.05) is 31.6 Å². The van der Waals surface area contributed by atoms with E-state index >= 15 is 0 Å². The molecular weight excluding hydrogens is 250 g/mol. The van der Waals surface area contributed by atoms with Gasteiger partial charge in [-0.3, -0.25) is 4.79 Å². The second-order valence-corrected chi connectivity index (χ2v) is 5.70. The molecule has 1 amide bonds. The standard InChI is InChI=1S/C16H25N3O/c1-19(14-7-3-2-4-8-14)12-11-18-15(20)16(13-17)9-5-6-10-16/h2-4,7-8H,5-6,9-13,17H2,1H3,(H,18,20). The Balaban J connectivity index is 1.79. The van der Waals surface area contributed by atoms with Crippen molar-refractivity contribution >= 4 is 11.6 Å². The third kappa shape index (κ3) is 3.31. The zero-order valence-corrected chi connectivity index (χ0v) is 12.3. The molecule has 0 spiro atoms. The van der Waals surface area contributed by atoms with Crippen LogP contribution in [-0.4, -0.2) is 32.6 Å². The van der Waals surface area contributed by atoms with Crippen molar-refractivity contribution in [3.8, 4) is 0 Å². The summed E-state index contributed by atoms with van der Waals surface area (Å²) in [4.78, 5) is 14.4. The summed E-state index contributed by atoms with van der Waals surface area (Å²) in [6, 6.07) is 10.2. The van der Waals surface area contributed by atoms with E-state index in [9.17, 15) is 4.79 Å². The summed E-state index contributed by atoms with van der Waals surface area (Å²) in [6.45, 7) is 1.93. The number of nitrogens with two attached hydrogens (primary N) is 1. The minimum absolute atomic E-state index is 0.138. The van der Waals surface area contributed by atoms with Crippen LogP contribution in [-0.2, 0) is 4.79 Å². The Morgan fingerprint density at radius 2 is 1.95 bits per heavy atom. The Morgan fingerprint density at radius 3 is 2.55 bits per heavy atom. The number of carbonyl (C=O) groups excluding carboxylic acids is 1. The average molecular weight is 275 g/mol. The maximum atomic E-state index is 12.3. The molecule has 1 aromatic carbocycles. The van der Waals surface area contributed by atoms with Crippen LogP contribution in [0, 0.1) is 5.41 Å². The molecule has 0 atom stereocenters. The van der Waals surface area contributed by atoms with Crippen LogP contribution in [0.2, 0.25) is 0 Å². The van der Waals surface area contributed by atoms with Gasteiger partial charge in [0.25, 0.3) is 0 Å². The molecule has 0 saturated heterocycles. The number of amides is 1. The summed E-state index contributed by atoms with van der Waals surface area (Å²) in [7, 11) is 2.04. The highest BCUT2D eigenvalue weighted by atomic mass is 16.2. The maximum absolute atomic E-state index is 12.3. The first-order valence-corrected chi connectivity index (χ1v) is 7.42. The number of hydrogen-bond donors (Lipinski definition) is 2. The van der Waals surface area contributed by atoms with E-state index in [0.717, 1.165) is 37.9 Å². The van der Waals surface area contributed by atoms with Gasteiger partial charge in [-0.1, -0.05) is 31.0 Å². The van der Waals surface area contributed by atoms with Gasteiger partial charge in [-0.25, -0.2) is 0 Å². The number of hydrogen-bond acceptors (Lipinski definition) is 3. The van der Waals surface area contributed by atoms with Crippen LogP contribution in [0.25, 0.3) is 0 Å². The molecule has 1 fully saturated rings. The summed E-state index contributed by atoms with van der Waals surface area (Å²) in [5.74, 6) is 0.138. The monoisotopic (exact) mass is 275 g/mol. The van der Waals surface area contributed by atoms with Crippen LogP contribution < -0.4 is 16.0 Å². The van der Waals surface area contributed by atoms with E-state index in [2.05, 4.69) is 22.3 Å². The first-order valence-electron chi connectivity index (χ1n) is 7.42. The van der Waals surface area contributed by atoms with Crippen LogP contribution in [0.5, 0.6) is 0 Å². The van der Waals surface area contributed by atoms with E-state index in [1.54, 1.807) is 0 Å². The molecule has 3 N–H and O–H groups in total. The van der Waals surface area contributed by atoms with E-state index in [0.29, 0.717) is 13.1 Å². The normalized spacial score (nSPS) is 16.9. The van der Waals surface area contributed by atoms with Crippen LogP contribution >= 0.6 is 0 Å². The summed E-state index contributed by atoms with van der Waals surface area (Å²) in [6.07, 6.45) is 4.11. The van der Waals surface area contributed by atoms with Gasteiger partial charge < -0.3 is 16.0 Å². The Hall–Kier alpha value is -1.55. The topological polar surface area (TPSA) is 58.4 Å². The molecule has 0 bridgehead atoms. The Morgan fingerprint density at radius 1 is 1.30 bits per heavy atom. The van der Waals surface area contributed by atoms with Gasteiger partial charge in [-0.2, -0.15) is 0 Å². The van der Waals surface area contributed by atoms with Crippen LogP contribution in [0.4, 0.5) is 5.69 Å². The molecule has 0 aromatic heterocycles. The lowest BCUT2D eigenvalue weighted by atomic mass is 9.85. The molecule has 2 rings (SSSR count). The number of likely N-dealkylation sites (N-methyl/N-ethyl adjacent to an activating group) is 1. The molecular formula is C16H25N3O. The van der Waals surface area contributed by atoms with Gasteiger partial charge in [0.1, 0.15) is 0 Å². The molecule has 1 saturated carbocycles. The minimum Gasteiger partial charge on any atom is -0.373 e. The number of carbonyl (C=O) groups is 1. The molecule has 1 aliphatic rings. The SMILES string of the molecule is CN(CCNC(=O)C1(CN)CCCC1)c1ccccc1. The molecule has 0 radical (unpaired) electrons. The molecule has 0 unspecified atom stereocenters. The van der Waals surface area contributed by atoms with Crippen molar-refractivity contribution in [2.45, 2.75) is 25.7 Å². The van der Waals surface area contributed by atoms with Crippen molar-refractivity contribution in [1.29, 1.82) is 0 Å². The number of para-hydroxylation sites is 1. The molecule has 4 heteroatoms. The number of nitrogens with one attached hydrogen (secondary N) is 1. The molecule has 20 heavy (non-hydrogen) atoms. The van der Waals surface area contributed by atoms with Crippen molar-refractivity contribution in [2.24, 2.45) is 11.1 Å². The summed E-state index contributed by atoms with van der Waals surface area (Å²) < 4.78 is 0. The lowest BCUT2D eigenvalue weighted by Crippen LogP contribution is -2.46. The van der Waals surface area contributed by atoms with Gasteiger partial charge in [-0.15, -0.1) is 0 Å². The number of anilines is 1. The van der Waals surface area contributed by atoms with Gasteiger partial charge in [0.05, 0.1) is 5.41 Å². The summed E-state index contributed by atoms with van der Waals surface area (Å²) in [5.41, 5.74) is 6.68. The van der Waals surface area contributed by atoms with Gasteiger partial charge in [0.15, 0.2) is 0 Å². The molecule has 110 valence electrons. The van der Waals surface area contributed by atoms with E-state index in [-0.39, 0.29) is 11.3 Å². The second kappa shape index (κ2) is 6.75. The quantitative estimate of drug-likeness (QED) is 0.831. The fourth-order valence-electron chi connectivity index (χ4n) is 2.91. The molecule has 4 nitrogen and oxygen atoms in total. The maximum Gasteiger partial charge on any atom is 0.227 e. The van der Waals surface area contributed by atoms with Crippen LogP contribution in [0.3, 0.4) is 0 Å². The van der Waals surface area contributed by atoms with E-state index in [1.807, 2.05) is 25.2 Å². The predicted molar refractivity (Wildman–Crippen MR) is 82.7 cm³/mol. The van der Waals surface area contributed by atoms with Gasteiger partial charge in [0.2, 0.25) is 5.91 Å². The third-order valence-electron chi connectivity index (χ3n) is 4.36. The lowest BCUT2D eigenvalue weighted by Gasteiger charge is -2.27. The largest absolute Gasteiger partial charge is 0.373 e. The lowest BCUT2D eigenvalue weighted by molar-refractivity contribution is -0.130. The first-order chi connectivity index (χ1) is 9.68. The number of nitrogens with zero attached hydrogens (tertiary/aromatic N) is 1. The molecule has 0 aliphatic heterocycles. The molecule has 0 heterocycles. The highest BCUT2D eigenvalue weighted by molar-refractivity contribution is 5.83. The Labute approximate surface area is 121 Å². The summed E-state index contributed by atoms with van der Waals surface area (Å²) >= 11 is 0. The molecule has 1 aliphatic carbocycles. The Bertz CT molecular complexity index is 427. The van der Waals surface area contributed by atoms with Crippen molar-refractivity contribution < 1.29 is 4.79 Å². The third-order valence-corrected chi connectivity index (χ3v) is 4.36. The van der Waals surface area contributed by atoms with E-state index < -0.39 is 0 Å². The van der Waals surface area contributed by atoms with Crippen LogP contribution in [0.15, 0.2) is 30.3 Å². The Kier molecular flexibility index (Phi) is 5.01. The minimum atomic E-state index is -0.300. The second-order valence-electron chi connectivity index (χ2n) is 5.70. The fourth-order valence-corrected chi connectivity index (χ4v) is 2.91. The van der Waals surface area contributed by atoms with Crippen molar-refractivity contribution in [1.82, 2.24) is 5.32 Å². The average Bonchev–Trinajstić information content (AvgIpc) is 2.98. The van der Waals surface area contributed by atoms with Crippen molar-refractivity contribution in [3.63, 3.8) is 0 Å². The van der Waals surface area contributed by atoms with E-state index in [1.165, 1.54) is 0 Å². The van der Waals surface area contributed by atoms with Gasteiger partial charge >= 0.3 is 0 Å². The van der Waals surface area contributed by atoms with Crippen molar-refractivity contribution in [3.05, 3.63) is 30.3 Å². The zero-order valence-electron chi connectivity index (χ0n) is 12.3. The van der Waals surface area contributed by atoms with Crippen LogP contribution in [0.1, 0.15) is 25.7 Å². The summed E-state index contributed by atoms with van der Waals surface area (Å²) in [5, 5.41) is 3.06. The first kappa shape index (κ1) is 14.9. The predicted octanol–water partition coefficient (Wildman–Crippen LogP) is 1.76. The van der Waals surface area contributed by atoms with E-state index in [4.69, 9.17) is 5.73 Å².